The maximum Gasteiger partial charge on any atom is 0.330 e. The van der Waals surface area contributed by atoms with Gasteiger partial charge in [0.1, 0.15) is 11.5 Å². The van der Waals surface area contributed by atoms with E-state index >= 15 is 0 Å². The molecule has 0 radical (unpaired) electrons. The van der Waals surface area contributed by atoms with Crippen molar-refractivity contribution in [1.82, 2.24) is 14.5 Å². The fourth-order valence-electron chi connectivity index (χ4n) is 1.87. The van der Waals surface area contributed by atoms with Crippen molar-refractivity contribution in [1.29, 1.82) is 0 Å². The molecular formula is C12H17N5O2S. The molecule has 0 aliphatic heterocycles. The Hall–Kier alpha value is -2.09. The second-order valence-electron chi connectivity index (χ2n) is 4.38. The Balaban J connectivity index is 2.29. The number of hydrogen-bond acceptors (Lipinski definition) is 6. The molecule has 108 valence electrons. The number of nitrogens with zero attached hydrogens (tertiary/aromatic N) is 2. The molecule has 0 fully saturated rings. The first-order valence-corrected chi connectivity index (χ1v) is 7.18. The van der Waals surface area contributed by atoms with Gasteiger partial charge in [0, 0.05) is 11.9 Å². The summed E-state index contributed by atoms with van der Waals surface area (Å²) in [4.78, 5) is 30.0. The van der Waals surface area contributed by atoms with Gasteiger partial charge in [0.2, 0.25) is 0 Å². The van der Waals surface area contributed by atoms with E-state index in [0.29, 0.717) is 13.1 Å². The van der Waals surface area contributed by atoms with Gasteiger partial charge in [0.05, 0.1) is 17.2 Å². The SMILES string of the molecule is CCCn1c(N)c(NCc2csc(C)n2)c(=O)[nH]c1=O. The molecule has 0 bridgehead atoms. The van der Waals surface area contributed by atoms with Gasteiger partial charge in [-0.25, -0.2) is 9.78 Å². The van der Waals surface area contributed by atoms with Crippen LogP contribution in [0.15, 0.2) is 15.0 Å². The molecule has 0 amide bonds. The number of nitrogens with two attached hydrogens (primary N) is 1. The van der Waals surface area contributed by atoms with Crippen LogP contribution in [-0.4, -0.2) is 14.5 Å². The molecule has 0 aromatic carbocycles. The number of aromatic amines is 1. The molecule has 0 aliphatic carbocycles. The summed E-state index contributed by atoms with van der Waals surface area (Å²) in [6.07, 6.45) is 0.751. The molecule has 0 saturated carbocycles. The molecule has 2 aromatic heterocycles. The Bertz CT molecular complexity index is 715. The predicted octanol–water partition coefficient (Wildman–Crippen LogP) is 0.906. The third-order valence-electron chi connectivity index (χ3n) is 2.80. The molecule has 2 rings (SSSR count). The van der Waals surface area contributed by atoms with E-state index in [4.69, 9.17) is 5.73 Å². The van der Waals surface area contributed by atoms with Crippen LogP contribution in [0.25, 0.3) is 0 Å². The molecule has 0 unspecified atom stereocenters. The summed E-state index contributed by atoms with van der Waals surface area (Å²) in [6, 6.07) is 0. The summed E-state index contributed by atoms with van der Waals surface area (Å²) >= 11 is 1.54. The predicted molar refractivity (Wildman–Crippen MR) is 80.2 cm³/mol. The van der Waals surface area contributed by atoms with Gasteiger partial charge in [-0.2, -0.15) is 0 Å². The molecule has 2 heterocycles. The van der Waals surface area contributed by atoms with Crippen LogP contribution in [0.4, 0.5) is 11.5 Å². The van der Waals surface area contributed by atoms with Gasteiger partial charge in [0.15, 0.2) is 0 Å². The Morgan fingerprint density at radius 2 is 2.25 bits per heavy atom. The monoisotopic (exact) mass is 295 g/mol. The number of hydrogen-bond donors (Lipinski definition) is 3. The van der Waals surface area contributed by atoms with Gasteiger partial charge in [-0.15, -0.1) is 11.3 Å². The standard InChI is InChI=1S/C12H17N5O2S/c1-3-4-17-10(13)9(11(18)16-12(17)19)14-5-8-6-20-7(2)15-8/h6,14H,3-5,13H2,1-2H3,(H,16,18,19). The lowest BCUT2D eigenvalue weighted by Gasteiger charge is -2.12. The van der Waals surface area contributed by atoms with E-state index in [1.54, 1.807) is 0 Å². The molecule has 20 heavy (non-hydrogen) atoms. The minimum atomic E-state index is -0.508. The van der Waals surface area contributed by atoms with E-state index in [1.165, 1.54) is 15.9 Å². The van der Waals surface area contributed by atoms with Crippen LogP contribution < -0.4 is 22.3 Å². The number of rotatable bonds is 5. The molecule has 0 saturated heterocycles. The highest BCUT2D eigenvalue weighted by Crippen LogP contribution is 2.13. The Morgan fingerprint density at radius 3 is 2.85 bits per heavy atom. The van der Waals surface area contributed by atoms with E-state index in [9.17, 15) is 9.59 Å². The first-order chi connectivity index (χ1) is 9.52. The minimum Gasteiger partial charge on any atom is -0.383 e. The summed E-state index contributed by atoms with van der Waals surface area (Å²) in [6.45, 7) is 4.70. The van der Waals surface area contributed by atoms with Crippen molar-refractivity contribution in [2.24, 2.45) is 0 Å². The van der Waals surface area contributed by atoms with Gasteiger partial charge < -0.3 is 11.1 Å². The van der Waals surface area contributed by atoms with Crippen molar-refractivity contribution < 1.29 is 0 Å². The largest absolute Gasteiger partial charge is 0.383 e. The maximum absolute atomic E-state index is 11.8. The van der Waals surface area contributed by atoms with Crippen LogP contribution in [0.1, 0.15) is 24.0 Å². The van der Waals surface area contributed by atoms with E-state index in [2.05, 4.69) is 15.3 Å². The third-order valence-corrected chi connectivity index (χ3v) is 3.62. The third kappa shape index (κ3) is 2.90. The van der Waals surface area contributed by atoms with Crippen molar-refractivity contribution in [3.63, 3.8) is 0 Å². The average Bonchev–Trinajstić information content (AvgIpc) is 2.80. The summed E-state index contributed by atoms with van der Waals surface area (Å²) in [7, 11) is 0. The first kappa shape index (κ1) is 14.3. The zero-order chi connectivity index (χ0) is 14.7. The van der Waals surface area contributed by atoms with Crippen molar-refractivity contribution >= 4 is 22.8 Å². The van der Waals surface area contributed by atoms with Crippen molar-refractivity contribution in [2.75, 3.05) is 11.1 Å². The molecule has 0 atom stereocenters. The topological polar surface area (TPSA) is 106 Å². The molecule has 4 N–H and O–H groups in total. The highest BCUT2D eigenvalue weighted by atomic mass is 32.1. The molecule has 7 nitrogen and oxygen atoms in total. The van der Waals surface area contributed by atoms with E-state index in [1.807, 2.05) is 19.2 Å². The fourth-order valence-corrected chi connectivity index (χ4v) is 2.49. The van der Waals surface area contributed by atoms with Gasteiger partial charge >= 0.3 is 5.69 Å². The zero-order valence-corrected chi connectivity index (χ0v) is 12.2. The number of anilines is 2. The summed E-state index contributed by atoms with van der Waals surface area (Å²) in [5, 5.41) is 5.82. The summed E-state index contributed by atoms with van der Waals surface area (Å²) in [5.41, 5.74) is 5.96. The Kier molecular flexibility index (Phi) is 4.23. The number of H-pyrrole nitrogens is 1. The minimum absolute atomic E-state index is 0.160. The lowest BCUT2D eigenvalue weighted by atomic mass is 10.4. The van der Waals surface area contributed by atoms with Crippen molar-refractivity contribution in [2.45, 2.75) is 33.4 Å². The molecule has 8 heteroatoms. The zero-order valence-electron chi connectivity index (χ0n) is 11.4. The molecule has 2 aromatic rings. The van der Waals surface area contributed by atoms with Crippen molar-refractivity contribution in [3.05, 3.63) is 36.9 Å². The van der Waals surface area contributed by atoms with E-state index in [0.717, 1.165) is 17.1 Å². The lowest BCUT2D eigenvalue weighted by Crippen LogP contribution is -2.34. The highest BCUT2D eigenvalue weighted by molar-refractivity contribution is 7.09. The quantitative estimate of drug-likeness (QED) is 0.760. The smallest absolute Gasteiger partial charge is 0.330 e. The van der Waals surface area contributed by atoms with Gasteiger partial charge in [0.25, 0.3) is 5.56 Å². The second kappa shape index (κ2) is 5.91. The molecule has 0 aliphatic rings. The summed E-state index contributed by atoms with van der Waals surface area (Å²) in [5.74, 6) is 0.160. The highest BCUT2D eigenvalue weighted by Gasteiger charge is 2.11. The van der Waals surface area contributed by atoms with Crippen LogP contribution in [0, 0.1) is 6.92 Å². The van der Waals surface area contributed by atoms with Crippen LogP contribution >= 0.6 is 11.3 Å². The van der Waals surface area contributed by atoms with E-state index < -0.39 is 11.2 Å². The summed E-state index contributed by atoms with van der Waals surface area (Å²) < 4.78 is 1.36. The fraction of sp³-hybridized carbons (Fsp3) is 0.417. The number of aromatic nitrogens is 3. The van der Waals surface area contributed by atoms with Crippen LogP contribution in [-0.2, 0) is 13.1 Å². The van der Waals surface area contributed by atoms with E-state index in [-0.39, 0.29) is 11.5 Å². The second-order valence-corrected chi connectivity index (χ2v) is 5.44. The van der Waals surface area contributed by atoms with Gasteiger partial charge in [-0.1, -0.05) is 6.92 Å². The molecule has 0 spiro atoms. The van der Waals surface area contributed by atoms with Gasteiger partial charge in [-0.05, 0) is 13.3 Å². The number of aryl methyl sites for hydroxylation is 1. The number of nitrogen functional groups attached to an aromatic ring is 1. The van der Waals surface area contributed by atoms with Crippen LogP contribution in [0.3, 0.4) is 0 Å². The van der Waals surface area contributed by atoms with Crippen molar-refractivity contribution in [3.8, 4) is 0 Å². The maximum atomic E-state index is 11.8. The number of thiazole rings is 1. The molecular weight excluding hydrogens is 278 g/mol. The van der Waals surface area contributed by atoms with Crippen LogP contribution in [0.2, 0.25) is 0 Å². The van der Waals surface area contributed by atoms with Gasteiger partial charge in [-0.3, -0.25) is 14.3 Å². The Morgan fingerprint density at radius 1 is 1.50 bits per heavy atom. The lowest BCUT2D eigenvalue weighted by molar-refractivity contribution is 0.642. The average molecular weight is 295 g/mol. The Labute approximate surface area is 119 Å². The van der Waals surface area contributed by atoms with Crippen LogP contribution in [0.5, 0.6) is 0 Å². The first-order valence-electron chi connectivity index (χ1n) is 6.30. The number of nitrogens with one attached hydrogen (secondary N) is 2. The normalized spacial score (nSPS) is 10.7.